The number of nitrogens with one attached hydrogen (secondary N) is 2. The summed E-state index contributed by atoms with van der Waals surface area (Å²) in [6, 6.07) is 6.70. The molecule has 2 N–H and O–H groups in total. The lowest BCUT2D eigenvalue weighted by molar-refractivity contribution is -0.151. The Balaban J connectivity index is 2.47. The number of amides is 1. The second kappa shape index (κ2) is 12.6. The van der Waals surface area contributed by atoms with Crippen molar-refractivity contribution in [3.05, 3.63) is 81.5 Å². The summed E-state index contributed by atoms with van der Waals surface area (Å²) < 4.78 is 53.6. The Morgan fingerprint density at radius 1 is 1.20 bits per heavy atom. The normalized spacial score (nSPS) is 13.8. The summed E-state index contributed by atoms with van der Waals surface area (Å²) in [7, 11) is 1.47. The summed E-state index contributed by atoms with van der Waals surface area (Å²) in [6.45, 7) is 3.66. The topological polar surface area (TPSA) is 86.2 Å². The molecule has 0 saturated carbocycles. The van der Waals surface area contributed by atoms with Crippen molar-refractivity contribution in [1.29, 1.82) is 0 Å². The van der Waals surface area contributed by atoms with Gasteiger partial charge in [-0.15, -0.1) is 6.58 Å². The molecular formula is C22H21Cl2F4N5O2. The molecule has 0 radical (unpaired) electrons. The molecule has 0 aromatic heterocycles. The highest BCUT2D eigenvalue weighted by atomic mass is 35.5. The fourth-order valence-electron chi connectivity index (χ4n) is 2.93. The van der Waals surface area contributed by atoms with Gasteiger partial charge in [0.1, 0.15) is 5.82 Å². The number of halogens is 6. The van der Waals surface area contributed by atoms with Crippen molar-refractivity contribution in [2.24, 2.45) is 10.2 Å². The van der Waals surface area contributed by atoms with Crippen LogP contribution < -0.4 is 10.6 Å². The number of hydrogen-bond donors (Lipinski definition) is 2. The number of nitroso groups, excluding NO2 is 1. The maximum atomic E-state index is 13.8. The van der Waals surface area contributed by atoms with Crippen molar-refractivity contribution < 1.29 is 22.4 Å². The molecular weight excluding hydrogens is 513 g/mol. The van der Waals surface area contributed by atoms with Crippen LogP contribution in [0.15, 0.2) is 65.3 Å². The van der Waals surface area contributed by atoms with Gasteiger partial charge < -0.3 is 10.6 Å². The van der Waals surface area contributed by atoms with Gasteiger partial charge in [0.05, 0.1) is 6.17 Å². The Kier molecular flexibility index (Phi) is 10.2. The molecule has 2 rings (SSSR count). The van der Waals surface area contributed by atoms with E-state index in [9.17, 15) is 27.3 Å². The zero-order valence-corrected chi connectivity index (χ0v) is 19.8. The van der Waals surface area contributed by atoms with Gasteiger partial charge in [-0.2, -0.15) is 23.1 Å². The molecule has 0 saturated heterocycles. The van der Waals surface area contributed by atoms with Gasteiger partial charge in [0, 0.05) is 34.3 Å². The maximum Gasteiger partial charge on any atom is 0.414 e. The van der Waals surface area contributed by atoms with Gasteiger partial charge in [0.25, 0.3) is 5.91 Å². The number of guanidine groups is 1. The zero-order valence-electron chi connectivity index (χ0n) is 18.3. The van der Waals surface area contributed by atoms with Gasteiger partial charge >= 0.3 is 6.18 Å². The minimum atomic E-state index is -4.89. The number of rotatable bonds is 9. The molecule has 7 nitrogen and oxygen atoms in total. The highest BCUT2D eigenvalue weighted by Crippen LogP contribution is 2.27. The van der Waals surface area contributed by atoms with E-state index >= 15 is 0 Å². The maximum absolute atomic E-state index is 13.8. The van der Waals surface area contributed by atoms with Gasteiger partial charge in [-0.05, 0) is 43.4 Å². The number of hydrogen-bond acceptors (Lipinski definition) is 4. The summed E-state index contributed by atoms with van der Waals surface area (Å²) >= 11 is 11.8. The van der Waals surface area contributed by atoms with Crippen LogP contribution in [0.3, 0.4) is 0 Å². The number of anilines is 1. The first-order chi connectivity index (χ1) is 16.4. The Morgan fingerprint density at radius 3 is 2.49 bits per heavy atom. The van der Waals surface area contributed by atoms with Crippen LogP contribution in [-0.4, -0.2) is 48.7 Å². The van der Waals surface area contributed by atoms with Crippen LogP contribution in [0.25, 0.3) is 0 Å². The largest absolute Gasteiger partial charge is 0.414 e. The van der Waals surface area contributed by atoms with Crippen LogP contribution in [0.1, 0.15) is 16.8 Å². The Labute approximate surface area is 208 Å². The van der Waals surface area contributed by atoms with E-state index in [1.807, 2.05) is 0 Å². The molecule has 0 spiro atoms. The van der Waals surface area contributed by atoms with E-state index in [4.69, 9.17) is 23.2 Å². The van der Waals surface area contributed by atoms with Gasteiger partial charge in [-0.1, -0.05) is 40.5 Å². The molecule has 1 amide bonds. The summed E-state index contributed by atoms with van der Waals surface area (Å²) in [5, 5.41) is 7.81. The summed E-state index contributed by atoms with van der Waals surface area (Å²) in [5.41, 5.74) is 0.153. The standard InChI is InChI=1S/C22H21Cl2F4N5O2/c1-3-7-33(2)19(12-18(32-35)22(26,27)28)30-21(29-17-10-15(24)9-16(25)11-17)31-20(34)13-5-4-6-14(23)8-13/h3-6,8-11,18-19H,1,7,12H2,2H3,(H2,29,30,31,34). The monoisotopic (exact) mass is 533 g/mol. The molecule has 188 valence electrons. The minimum absolute atomic E-state index is 0.0237. The molecule has 13 heteroatoms. The third-order valence-electron chi connectivity index (χ3n) is 4.61. The minimum Gasteiger partial charge on any atom is -0.340 e. The Bertz CT molecular complexity index is 1080. The second-order valence-electron chi connectivity index (χ2n) is 7.35. The molecule has 0 aliphatic heterocycles. The molecule has 0 bridgehead atoms. The molecule has 0 fully saturated rings. The Morgan fingerprint density at radius 2 is 1.91 bits per heavy atom. The molecule has 2 aromatic carbocycles. The van der Waals surface area contributed by atoms with Crippen molar-refractivity contribution in [2.75, 3.05) is 18.9 Å². The SMILES string of the molecule is C=CCN(C)C(CC(N=O)C(F)(F)F)N/C(=N\C(=O)c1cccc(Cl)c1)Nc1cc(F)cc(Cl)c1. The van der Waals surface area contributed by atoms with Crippen LogP contribution in [0.2, 0.25) is 10.0 Å². The van der Waals surface area contributed by atoms with E-state index in [-0.39, 0.29) is 33.8 Å². The molecule has 2 unspecified atom stereocenters. The van der Waals surface area contributed by atoms with Crippen LogP contribution in [0, 0.1) is 10.7 Å². The summed E-state index contributed by atoms with van der Waals surface area (Å²) in [4.78, 5) is 29.0. The number of benzene rings is 2. The highest BCUT2D eigenvalue weighted by molar-refractivity contribution is 6.31. The molecule has 0 aliphatic carbocycles. The molecule has 0 heterocycles. The quantitative estimate of drug-likeness (QED) is 0.105. The number of alkyl halides is 3. The predicted octanol–water partition coefficient (Wildman–Crippen LogP) is 5.86. The van der Waals surface area contributed by atoms with Crippen LogP contribution in [0.5, 0.6) is 0 Å². The molecule has 2 atom stereocenters. The number of carbonyl (C=O) groups excluding carboxylic acids is 1. The van der Waals surface area contributed by atoms with Crippen molar-refractivity contribution in [2.45, 2.75) is 24.8 Å². The third kappa shape index (κ3) is 8.93. The van der Waals surface area contributed by atoms with E-state index in [1.165, 1.54) is 48.4 Å². The highest BCUT2D eigenvalue weighted by Gasteiger charge is 2.43. The van der Waals surface area contributed by atoms with E-state index in [0.29, 0.717) is 0 Å². The average Bonchev–Trinajstić information content (AvgIpc) is 2.74. The lowest BCUT2D eigenvalue weighted by Crippen LogP contribution is -2.51. The van der Waals surface area contributed by atoms with E-state index in [0.717, 1.165) is 12.1 Å². The number of carbonyl (C=O) groups is 1. The van der Waals surface area contributed by atoms with E-state index < -0.39 is 36.5 Å². The van der Waals surface area contributed by atoms with Gasteiger partial charge in [-0.25, -0.2) is 4.39 Å². The van der Waals surface area contributed by atoms with Crippen LogP contribution in [-0.2, 0) is 0 Å². The predicted molar refractivity (Wildman–Crippen MR) is 128 cm³/mol. The zero-order chi connectivity index (χ0) is 26.2. The number of likely N-dealkylation sites (N-methyl/N-ethyl adjacent to an activating group) is 1. The van der Waals surface area contributed by atoms with Gasteiger partial charge in [0.2, 0.25) is 5.96 Å². The number of aliphatic imine (C=N–C) groups is 1. The fraction of sp³-hybridized carbons (Fsp3) is 0.273. The van der Waals surface area contributed by atoms with Crippen molar-refractivity contribution in [1.82, 2.24) is 10.2 Å². The van der Waals surface area contributed by atoms with Crippen molar-refractivity contribution in [3.8, 4) is 0 Å². The van der Waals surface area contributed by atoms with E-state index in [1.54, 1.807) is 0 Å². The first kappa shape index (κ1) is 28.2. The van der Waals surface area contributed by atoms with Crippen molar-refractivity contribution in [3.63, 3.8) is 0 Å². The second-order valence-corrected chi connectivity index (χ2v) is 8.22. The average molecular weight is 534 g/mol. The first-order valence-electron chi connectivity index (χ1n) is 10.0. The molecule has 2 aromatic rings. The smallest absolute Gasteiger partial charge is 0.340 e. The lowest BCUT2D eigenvalue weighted by Gasteiger charge is -2.31. The molecule has 0 aliphatic rings. The lowest BCUT2D eigenvalue weighted by atomic mass is 10.1. The number of nitrogens with zero attached hydrogens (tertiary/aromatic N) is 3. The molecule has 35 heavy (non-hydrogen) atoms. The summed E-state index contributed by atoms with van der Waals surface area (Å²) in [5.74, 6) is -1.83. The first-order valence-corrected chi connectivity index (χ1v) is 10.8. The van der Waals surface area contributed by atoms with Gasteiger partial charge in [-0.3, -0.25) is 9.69 Å². The van der Waals surface area contributed by atoms with E-state index in [2.05, 4.69) is 27.4 Å². The van der Waals surface area contributed by atoms with Crippen LogP contribution in [0.4, 0.5) is 23.2 Å². The van der Waals surface area contributed by atoms with Gasteiger partial charge in [0.15, 0.2) is 6.04 Å². The van der Waals surface area contributed by atoms with Crippen LogP contribution >= 0.6 is 23.2 Å². The third-order valence-corrected chi connectivity index (χ3v) is 5.07. The summed E-state index contributed by atoms with van der Waals surface area (Å²) in [6.07, 6.45) is -5.47. The Hall–Kier alpha value is -3.02. The van der Waals surface area contributed by atoms with Crippen molar-refractivity contribution >= 4 is 40.8 Å². The fourth-order valence-corrected chi connectivity index (χ4v) is 3.34.